The van der Waals surface area contributed by atoms with Gasteiger partial charge in [-0.25, -0.2) is 8.42 Å². The Hall–Kier alpha value is -2.81. The molecule has 9 heteroatoms. The molecule has 1 aromatic heterocycles. The Morgan fingerprint density at radius 3 is 2.29 bits per heavy atom. The van der Waals surface area contributed by atoms with Gasteiger partial charge in [0, 0.05) is 10.6 Å². The van der Waals surface area contributed by atoms with Crippen LogP contribution in [-0.4, -0.2) is 14.3 Å². The molecule has 6 nitrogen and oxygen atoms in total. The van der Waals surface area contributed by atoms with Crippen LogP contribution in [0, 0.1) is 0 Å². The molecule has 0 fully saturated rings. The van der Waals surface area contributed by atoms with E-state index in [2.05, 4.69) is 22.2 Å². The molecule has 0 saturated heterocycles. The summed E-state index contributed by atoms with van der Waals surface area (Å²) in [7, 11) is -3.77. The van der Waals surface area contributed by atoms with Gasteiger partial charge in [0.1, 0.15) is 4.21 Å². The van der Waals surface area contributed by atoms with E-state index in [1.807, 2.05) is 0 Å². The van der Waals surface area contributed by atoms with Gasteiger partial charge in [-0.05, 0) is 29.6 Å². The first-order valence-corrected chi connectivity index (χ1v) is 10.8. The number of benzene rings is 2. The molecule has 3 rings (SSSR count). The molecule has 0 unspecified atom stereocenters. The number of carbonyl (C=O) groups excluding carboxylic acids is 1. The van der Waals surface area contributed by atoms with Crippen molar-refractivity contribution in [3.8, 4) is 0 Å². The minimum absolute atomic E-state index is 0.155. The molecule has 1 amide bonds. The van der Waals surface area contributed by atoms with E-state index in [9.17, 15) is 13.2 Å². The summed E-state index contributed by atoms with van der Waals surface area (Å²) in [5.74, 6) is -0.530. The molecule has 0 bridgehead atoms. The van der Waals surface area contributed by atoms with Crippen molar-refractivity contribution >= 4 is 50.3 Å². The number of hydrogen-bond donors (Lipinski definition) is 3. The van der Waals surface area contributed by atoms with Gasteiger partial charge in [-0.1, -0.05) is 54.6 Å². The molecule has 144 valence electrons. The fourth-order valence-electron chi connectivity index (χ4n) is 2.35. The standard InChI is InChI=1S/C19H16ClN3O3S2/c1-13(14-7-2-4-9-16(14)20)21-22-19(24)15-8-3-5-10-17(15)23-28(25,26)18-11-6-12-27-18/h2-12,21,23H,1H2,(H,22,24). The third-order valence-electron chi connectivity index (χ3n) is 3.70. The smallest absolute Gasteiger partial charge is 0.271 e. The zero-order chi connectivity index (χ0) is 20.1. The number of para-hydroxylation sites is 1. The largest absolute Gasteiger partial charge is 0.298 e. The van der Waals surface area contributed by atoms with Crippen molar-refractivity contribution in [1.82, 2.24) is 10.9 Å². The number of thiophene rings is 1. The predicted molar refractivity (Wildman–Crippen MR) is 113 cm³/mol. The van der Waals surface area contributed by atoms with Crippen LogP contribution in [0.15, 0.2) is 76.8 Å². The number of anilines is 1. The normalized spacial score (nSPS) is 10.9. The summed E-state index contributed by atoms with van der Waals surface area (Å²) >= 11 is 7.20. The first-order chi connectivity index (χ1) is 13.4. The first kappa shape index (κ1) is 19.9. The molecule has 2 aromatic carbocycles. The maximum Gasteiger partial charge on any atom is 0.271 e. The second-order valence-electron chi connectivity index (χ2n) is 5.62. The van der Waals surface area contributed by atoms with Gasteiger partial charge < -0.3 is 0 Å². The zero-order valence-electron chi connectivity index (χ0n) is 14.5. The quantitative estimate of drug-likeness (QED) is 0.489. The van der Waals surface area contributed by atoms with E-state index in [1.54, 1.807) is 47.8 Å². The lowest BCUT2D eigenvalue weighted by molar-refractivity contribution is 0.0943. The van der Waals surface area contributed by atoms with Crippen molar-refractivity contribution in [2.45, 2.75) is 4.21 Å². The van der Waals surface area contributed by atoms with E-state index in [4.69, 9.17) is 11.6 Å². The van der Waals surface area contributed by atoms with E-state index in [-0.39, 0.29) is 15.5 Å². The van der Waals surface area contributed by atoms with E-state index in [1.165, 1.54) is 18.2 Å². The van der Waals surface area contributed by atoms with Crippen LogP contribution in [0.5, 0.6) is 0 Å². The number of carbonyl (C=O) groups is 1. The van der Waals surface area contributed by atoms with Crippen LogP contribution in [0.4, 0.5) is 5.69 Å². The average Bonchev–Trinajstić information content (AvgIpc) is 3.22. The van der Waals surface area contributed by atoms with Crippen LogP contribution in [0.1, 0.15) is 15.9 Å². The summed E-state index contributed by atoms with van der Waals surface area (Å²) < 4.78 is 27.5. The van der Waals surface area contributed by atoms with Gasteiger partial charge >= 0.3 is 0 Å². The number of amides is 1. The molecular formula is C19H16ClN3O3S2. The molecule has 3 aromatic rings. The van der Waals surface area contributed by atoms with Crippen molar-refractivity contribution in [1.29, 1.82) is 0 Å². The summed E-state index contributed by atoms with van der Waals surface area (Å²) in [6.07, 6.45) is 0. The van der Waals surface area contributed by atoms with E-state index in [0.717, 1.165) is 11.3 Å². The highest BCUT2D eigenvalue weighted by Crippen LogP contribution is 2.23. The van der Waals surface area contributed by atoms with Crippen LogP contribution >= 0.6 is 22.9 Å². The summed E-state index contributed by atoms with van der Waals surface area (Å²) in [6.45, 7) is 3.85. The Balaban J connectivity index is 1.74. The van der Waals surface area contributed by atoms with E-state index < -0.39 is 15.9 Å². The van der Waals surface area contributed by atoms with Crippen LogP contribution in [0.2, 0.25) is 5.02 Å². The van der Waals surface area contributed by atoms with Crippen molar-refractivity contribution in [2.75, 3.05) is 4.72 Å². The monoisotopic (exact) mass is 433 g/mol. The number of hydrazine groups is 1. The highest BCUT2D eigenvalue weighted by atomic mass is 35.5. The van der Waals surface area contributed by atoms with Crippen molar-refractivity contribution < 1.29 is 13.2 Å². The Morgan fingerprint density at radius 2 is 1.61 bits per heavy atom. The number of nitrogens with one attached hydrogen (secondary N) is 3. The minimum atomic E-state index is -3.77. The topological polar surface area (TPSA) is 87.3 Å². The van der Waals surface area contributed by atoms with Gasteiger partial charge in [0.15, 0.2) is 0 Å². The number of rotatable bonds is 7. The Kier molecular flexibility index (Phi) is 6.03. The fraction of sp³-hybridized carbons (Fsp3) is 0. The van der Waals surface area contributed by atoms with Crippen molar-refractivity contribution in [2.24, 2.45) is 0 Å². The lowest BCUT2D eigenvalue weighted by atomic mass is 10.1. The SMILES string of the molecule is C=C(NNC(=O)c1ccccc1NS(=O)(=O)c1cccs1)c1ccccc1Cl. The molecule has 0 spiro atoms. The van der Waals surface area contributed by atoms with Crippen LogP contribution in [-0.2, 0) is 10.0 Å². The Bertz CT molecular complexity index is 1110. The predicted octanol–water partition coefficient (Wildman–Crippen LogP) is 4.11. The molecule has 0 atom stereocenters. The third kappa shape index (κ3) is 4.53. The second kappa shape index (κ2) is 8.47. The molecule has 0 radical (unpaired) electrons. The van der Waals surface area contributed by atoms with Gasteiger partial charge in [-0.2, -0.15) is 0 Å². The second-order valence-corrected chi connectivity index (χ2v) is 8.88. The molecule has 1 heterocycles. The molecule has 0 aliphatic heterocycles. The molecule has 28 heavy (non-hydrogen) atoms. The number of sulfonamides is 1. The molecule has 0 saturated carbocycles. The van der Waals surface area contributed by atoms with Gasteiger partial charge in [0.05, 0.1) is 16.9 Å². The van der Waals surface area contributed by atoms with Gasteiger partial charge in [0.25, 0.3) is 15.9 Å². The molecular weight excluding hydrogens is 418 g/mol. The van der Waals surface area contributed by atoms with Gasteiger partial charge in [-0.15, -0.1) is 11.3 Å². The number of halogens is 1. The fourth-order valence-corrected chi connectivity index (χ4v) is 4.68. The lowest BCUT2D eigenvalue weighted by Gasteiger charge is -2.15. The Labute approximate surface area is 171 Å². The Morgan fingerprint density at radius 1 is 0.929 bits per heavy atom. The highest BCUT2D eigenvalue weighted by Gasteiger charge is 2.19. The zero-order valence-corrected chi connectivity index (χ0v) is 16.9. The first-order valence-electron chi connectivity index (χ1n) is 8.04. The average molecular weight is 434 g/mol. The third-order valence-corrected chi connectivity index (χ3v) is 6.79. The maximum absolute atomic E-state index is 12.6. The van der Waals surface area contributed by atoms with Crippen molar-refractivity contribution in [3.63, 3.8) is 0 Å². The van der Waals surface area contributed by atoms with Crippen LogP contribution in [0.3, 0.4) is 0 Å². The molecule has 0 aliphatic carbocycles. The van der Waals surface area contributed by atoms with Crippen LogP contribution in [0.25, 0.3) is 5.70 Å². The van der Waals surface area contributed by atoms with E-state index in [0.29, 0.717) is 16.3 Å². The van der Waals surface area contributed by atoms with Gasteiger partial charge in [-0.3, -0.25) is 20.4 Å². The lowest BCUT2D eigenvalue weighted by Crippen LogP contribution is -2.36. The number of hydrogen-bond acceptors (Lipinski definition) is 5. The molecule has 0 aliphatic rings. The van der Waals surface area contributed by atoms with Gasteiger partial charge in [0.2, 0.25) is 0 Å². The van der Waals surface area contributed by atoms with Crippen molar-refractivity contribution in [3.05, 3.63) is 88.8 Å². The summed E-state index contributed by atoms with van der Waals surface area (Å²) in [6, 6.07) is 16.5. The maximum atomic E-state index is 12.6. The minimum Gasteiger partial charge on any atom is -0.298 e. The highest BCUT2D eigenvalue weighted by molar-refractivity contribution is 7.94. The summed E-state index contributed by atoms with van der Waals surface area (Å²) in [4.78, 5) is 12.6. The molecule has 3 N–H and O–H groups in total. The summed E-state index contributed by atoms with van der Waals surface area (Å²) in [5.41, 5.74) is 6.56. The van der Waals surface area contributed by atoms with Crippen LogP contribution < -0.4 is 15.6 Å². The van der Waals surface area contributed by atoms with E-state index >= 15 is 0 Å². The summed E-state index contributed by atoms with van der Waals surface area (Å²) in [5, 5.41) is 2.15.